The topological polar surface area (TPSA) is 85.6 Å². The van der Waals surface area contributed by atoms with Crippen LogP contribution in [0.15, 0.2) is 24.5 Å². The van der Waals surface area contributed by atoms with Gasteiger partial charge in [0.25, 0.3) is 5.91 Å². The van der Waals surface area contributed by atoms with Gasteiger partial charge in [-0.1, -0.05) is 0 Å². The SMILES string of the molecule is COC(=O)[C@H]1CC[C@H](NC(=O)c2cnc3cccnn23)CC1. The van der Waals surface area contributed by atoms with Crippen LogP contribution in [0.1, 0.15) is 36.2 Å². The van der Waals surface area contributed by atoms with Crippen molar-refractivity contribution < 1.29 is 14.3 Å². The fourth-order valence-corrected chi connectivity index (χ4v) is 2.88. The number of nitrogens with one attached hydrogen (secondary N) is 1. The summed E-state index contributed by atoms with van der Waals surface area (Å²) in [5.74, 6) is -0.390. The number of fused-ring (bicyclic) bond motifs is 1. The molecular weight excluding hydrogens is 284 g/mol. The molecule has 7 heteroatoms. The Morgan fingerprint density at radius 3 is 2.82 bits per heavy atom. The monoisotopic (exact) mass is 302 g/mol. The molecule has 2 heterocycles. The Balaban J connectivity index is 1.62. The first-order chi connectivity index (χ1) is 10.7. The van der Waals surface area contributed by atoms with Crippen LogP contribution in [0.25, 0.3) is 5.65 Å². The van der Waals surface area contributed by atoms with Gasteiger partial charge in [-0.15, -0.1) is 0 Å². The zero-order valence-corrected chi connectivity index (χ0v) is 12.4. The van der Waals surface area contributed by atoms with E-state index >= 15 is 0 Å². The number of amides is 1. The van der Waals surface area contributed by atoms with Crippen LogP contribution < -0.4 is 5.32 Å². The van der Waals surface area contributed by atoms with Gasteiger partial charge in [-0.25, -0.2) is 9.50 Å². The van der Waals surface area contributed by atoms with E-state index in [-0.39, 0.29) is 23.8 Å². The highest BCUT2D eigenvalue weighted by Crippen LogP contribution is 2.25. The standard InChI is InChI=1S/C15H18N4O3/c1-22-15(21)10-4-6-11(7-5-10)18-14(20)12-9-16-13-3-2-8-17-19(12)13/h2-3,8-11H,4-7H2,1H3,(H,18,20)/t10-,11-. The second-order valence-corrected chi connectivity index (χ2v) is 5.48. The van der Waals surface area contributed by atoms with Crippen molar-refractivity contribution in [1.82, 2.24) is 19.9 Å². The van der Waals surface area contributed by atoms with Crippen molar-refractivity contribution in [3.8, 4) is 0 Å². The Hall–Kier alpha value is -2.44. The molecule has 0 saturated heterocycles. The fraction of sp³-hybridized carbons (Fsp3) is 0.467. The first kappa shape index (κ1) is 14.5. The average molecular weight is 302 g/mol. The molecule has 0 bridgehead atoms. The number of rotatable bonds is 3. The first-order valence-corrected chi connectivity index (χ1v) is 7.36. The van der Waals surface area contributed by atoms with Gasteiger partial charge in [0.1, 0.15) is 5.69 Å². The number of carbonyl (C=O) groups excluding carboxylic acids is 2. The second kappa shape index (κ2) is 6.13. The fourth-order valence-electron chi connectivity index (χ4n) is 2.88. The smallest absolute Gasteiger partial charge is 0.308 e. The van der Waals surface area contributed by atoms with Crippen LogP contribution in [0.5, 0.6) is 0 Å². The molecule has 0 atom stereocenters. The summed E-state index contributed by atoms with van der Waals surface area (Å²) in [6, 6.07) is 3.64. The van der Waals surface area contributed by atoms with Crippen molar-refractivity contribution in [3.63, 3.8) is 0 Å². The summed E-state index contributed by atoms with van der Waals surface area (Å²) >= 11 is 0. The maximum absolute atomic E-state index is 12.4. The van der Waals surface area contributed by atoms with Gasteiger partial charge in [-0.05, 0) is 37.8 Å². The minimum absolute atomic E-state index is 0.0457. The summed E-state index contributed by atoms with van der Waals surface area (Å²) in [7, 11) is 1.41. The molecular formula is C15H18N4O3. The van der Waals surface area contributed by atoms with E-state index in [9.17, 15) is 9.59 Å². The number of carbonyl (C=O) groups is 2. The molecule has 22 heavy (non-hydrogen) atoms. The third-order valence-electron chi connectivity index (χ3n) is 4.11. The summed E-state index contributed by atoms with van der Waals surface area (Å²) in [6.07, 6.45) is 6.17. The van der Waals surface area contributed by atoms with Crippen molar-refractivity contribution in [1.29, 1.82) is 0 Å². The minimum Gasteiger partial charge on any atom is -0.469 e. The number of esters is 1. The van der Waals surface area contributed by atoms with Crippen LogP contribution in [-0.4, -0.2) is 39.6 Å². The Labute approximate surface area is 127 Å². The summed E-state index contributed by atoms with van der Waals surface area (Å²) in [6.45, 7) is 0. The first-order valence-electron chi connectivity index (χ1n) is 7.36. The predicted octanol–water partition coefficient (Wildman–Crippen LogP) is 1.19. The molecule has 2 aromatic heterocycles. The molecule has 1 aliphatic rings. The van der Waals surface area contributed by atoms with Gasteiger partial charge in [0.05, 0.1) is 19.2 Å². The summed E-state index contributed by atoms with van der Waals surface area (Å²) in [5.41, 5.74) is 1.06. The van der Waals surface area contributed by atoms with Crippen molar-refractivity contribution in [2.75, 3.05) is 7.11 Å². The maximum atomic E-state index is 12.4. The quantitative estimate of drug-likeness (QED) is 0.861. The molecule has 0 radical (unpaired) electrons. The summed E-state index contributed by atoms with van der Waals surface area (Å²) < 4.78 is 6.29. The zero-order chi connectivity index (χ0) is 15.5. The molecule has 116 valence electrons. The number of aromatic nitrogens is 3. The molecule has 2 aromatic rings. The molecule has 7 nitrogen and oxygen atoms in total. The van der Waals surface area contributed by atoms with E-state index in [1.54, 1.807) is 18.3 Å². The second-order valence-electron chi connectivity index (χ2n) is 5.48. The third kappa shape index (κ3) is 2.79. The van der Waals surface area contributed by atoms with Crippen LogP contribution in [0, 0.1) is 5.92 Å². The lowest BCUT2D eigenvalue weighted by atomic mass is 9.86. The molecule has 0 spiro atoms. The Bertz CT molecular complexity index is 689. The largest absolute Gasteiger partial charge is 0.469 e. The van der Waals surface area contributed by atoms with Crippen LogP contribution in [0.2, 0.25) is 0 Å². The minimum atomic E-state index is -0.187. The van der Waals surface area contributed by atoms with E-state index in [1.807, 2.05) is 0 Å². The van der Waals surface area contributed by atoms with Crippen molar-refractivity contribution in [2.24, 2.45) is 5.92 Å². The van der Waals surface area contributed by atoms with Gasteiger partial charge in [-0.2, -0.15) is 5.10 Å². The molecule has 0 unspecified atom stereocenters. The van der Waals surface area contributed by atoms with Gasteiger partial charge in [0.15, 0.2) is 5.65 Å². The average Bonchev–Trinajstić information content (AvgIpc) is 2.99. The summed E-state index contributed by atoms with van der Waals surface area (Å²) in [4.78, 5) is 28.0. The molecule has 1 amide bonds. The van der Waals surface area contributed by atoms with Gasteiger partial charge < -0.3 is 10.1 Å². The van der Waals surface area contributed by atoms with Crippen molar-refractivity contribution in [2.45, 2.75) is 31.7 Å². The van der Waals surface area contributed by atoms with E-state index in [0.29, 0.717) is 11.3 Å². The highest BCUT2D eigenvalue weighted by molar-refractivity contribution is 5.93. The van der Waals surface area contributed by atoms with E-state index in [1.165, 1.54) is 17.8 Å². The number of hydrogen-bond donors (Lipinski definition) is 1. The van der Waals surface area contributed by atoms with Gasteiger partial charge in [0, 0.05) is 12.2 Å². The number of methoxy groups -OCH3 is 1. The number of imidazole rings is 1. The molecule has 1 N–H and O–H groups in total. The van der Waals surface area contributed by atoms with Crippen LogP contribution in [0.3, 0.4) is 0 Å². The number of hydrogen-bond acceptors (Lipinski definition) is 5. The lowest BCUT2D eigenvalue weighted by Crippen LogP contribution is -2.39. The third-order valence-corrected chi connectivity index (χ3v) is 4.11. The van der Waals surface area contributed by atoms with E-state index in [0.717, 1.165) is 25.7 Å². The van der Waals surface area contributed by atoms with Gasteiger partial charge >= 0.3 is 5.97 Å². The lowest BCUT2D eigenvalue weighted by Gasteiger charge is -2.27. The van der Waals surface area contributed by atoms with Crippen LogP contribution >= 0.6 is 0 Å². The Kier molecular flexibility index (Phi) is 4.04. The van der Waals surface area contributed by atoms with E-state index in [4.69, 9.17) is 4.74 Å². The maximum Gasteiger partial charge on any atom is 0.308 e. The Morgan fingerprint density at radius 1 is 1.32 bits per heavy atom. The molecule has 1 saturated carbocycles. The van der Waals surface area contributed by atoms with E-state index in [2.05, 4.69) is 15.4 Å². The van der Waals surface area contributed by atoms with Crippen LogP contribution in [-0.2, 0) is 9.53 Å². The van der Waals surface area contributed by atoms with Gasteiger partial charge in [0.2, 0.25) is 0 Å². The zero-order valence-electron chi connectivity index (χ0n) is 12.4. The van der Waals surface area contributed by atoms with Gasteiger partial charge in [-0.3, -0.25) is 9.59 Å². The summed E-state index contributed by atoms with van der Waals surface area (Å²) in [5, 5.41) is 7.13. The molecule has 3 rings (SSSR count). The van der Waals surface area contributed by atoms with E-state index < -0.39 is 0 Å². The molecule has 1 fully saturated rings. The molecule has 0 aromatic carbocycles. The normalized spacial score (nSPS) is 21.5. The molecule has 1 aliphatic carbocycles. The number of ether oxygens (including phenoxy) is 1. The Morgan fingerprint density at radius 2 is 2.09 bits per heavy atom. The van der Waals surface area contributed by atoms with Crippen LogP contribution in [0.4, 0.5) is 0 Å². The predicted molar refractivity (Wildman–Crippen MR) is 78.2 cm³/mol. The lowest BCUT2D eigenvalue weighted by molar-refractivity contribution is -0.146. The highest BCUT2D eigenvalue weighted by Gasteiger charge is 2.28. The molecule has 0 aliphatic heterocycles. The van der Waals surface area contributed by atoms with Crippen molar-refractivity contribution in [3.05, 3.63) is 30.2 Å². The highest BCUT2D eigenvalue weighted by atomic mass is 16.5. The number of nitrogens with zero attached hydrogens (tertiary/aromatic N) is 3. The van der Waals surface area contributed by atoms with Crippen molar-refractivity contribution >= 4 is 17.5 Å².